The number of para-hydroxylation sites is 1. The molecule has 5 aromatic rings. The smallest absolute Gasteiger partial charge is 0.291 e. The van der Waals surface area contributed by atoms with Gasteiger partial charge in [-0.1, -0.05) is 36.4 Å². The Balaban J connectivity index is 1.59. The van der Waals surface area contributed by atoms with Crippen LogP contribution in [0.25, 0.3) is 21.9 Å². The Morgan fingerprint density at radius 1 is 0.818 bits per heavy atom. The van der Waals surface area contributed by atoms with Crippen molar-refractivity contribution in [3.63, 3.8) is 0 Å². The van der Waals surface area contributed by atoms with Crippen molar-refractivity contribution in [1.29, 1.82) is 0 Å². The predicted octanol–water partition coefficient (Wildman–Crippen LogP) is 6.73. The highest BCUT2D eigenvalue weighted by molar-refractivity contribution is 6.19. The van der Waals surface area contributed by atoms with Crippen LogP contribution in [0.3, 0.4) is 0 Å². The molecule has 5 rings (SSSR count). The average molecular weight is 441 g/mol. The second-order valence-electron chi connectivity index (χ2n) is 8.11. The molecule has 5 nitrogen and oxygen atoms in total. The molecular weight excluding hydrogens is 421 g/mol. The van der Waals surface area contributed by atoms with Crippen LogP contribution in [0.5, 0.6) is 0 Å². The first kappa shape index (κ1) is 20.7. The molecule has 0 atom stereocenters. The van der Waals surface area contributed by atoms with Crippen molar-refractivity contribution in [3.8, 4) is 0 Å². The van der Waals surface area contributed by atoms with Gasteiger partial charge < -0.3 is 14.2 Å². The Morgan fingerprint density at radius 2 is 1.58 bits per heavy atom. The van der Waals surface area contributed by atoms with Gasteiger partial charge in [0.25, 0.3) is 5.91 Å². The number of ketones is 1. The van der Waals surface area contributed by atoms with Crippen LogP contribution in [0.15, 0.2) is 69.5 Å². The van der Waals surface area contributed by atoms with Crippen LogP contribution < -0.4 is 5.32 Å². The lowest BCUT2D eigenvalue weighted by atomic mass is 10.0. The van der Waals surface area contributed by atoms with E-state index in [-0.39, 0.29) is 22.8 Å². The maximum absolute atomic E-state index is 14.1. The Bertz CT molecular complexity index is 1570. The van der Waals surface area contributed by atoms with E-state index < -0.39 is 17.5 Å². The Morgan fingerprint density at radius 3 is 2.36 bits per heavy atom. The number of hydrogen-bond donors (Lipinski definition) is 1. The fourth-order valence-electron chi connectivity index (χ4n) is 3.91. The zero-order valence-electron chi connectivity index (χ0n) is 18.3. The van der Waals surface area contributed by atoms with E-state index in [0.29, 0.717) is 27.7 Å². The number of anilines is 1. The molecule has 164 valence electrons. The second kappa shape index (κ2) is 7.74. The number of nitrogens with one attached hydrogen (secondary N) is 1. The van der Waals surface area contributed by atoms with Crippen molar-refractivity contribution in [2.45, 2.75) is 20.8 Å². The molecule has 0 radical (unpaired) electrons. The minimum Gasteiger partial charge on any atom is -0.451 e. The lowest BCUT2D eigenvalue weighted by Gasteiger charge is -2.06. The van der Waals surface area contributed by atoms with Crippen LogP contribution in [-0.4, -0.2) is 11.7 Å². The predicted molar refractivity (Wildman–Crippen MR) is 124 cm³/mol. The number of furan rings is 2. The summed E-state index contributed by atoms with van der Waals surface area (Å²) >= 11 is 0. The number of carbonyl (C=O) groups is 2. The fraction of sp³-hybridized carbons (Fsp3) is 0.111. The van der Waals surface area contributed by atoms with E-state index in [1.807, 2.05) is 32.0 Å². The lowest BCUT2D eigenvalue weighted by Crippen LogP contribution is -2.14. The zero-order chi connectivity index (χ0) is 23.3. The summed E-state index contributed by atoms with van der Waals surface area (Å²) in [6, 6.07) is 17.0. The Hall–Kier alpha value is -4.19. The molecule has 0 aliphatic rings. The molecule has 0 aliphatic heterocycles. The normalized spacial score (nSPS) is 11.3. The van der Waals surface area contributed by atoms with Gasteiger partial charge in [0.1, 0.15) is 17.0 Å². The Labute approximate surface area is 188 Å². The Kier molecular flexibility index (Phi) is 4.86. The summed E-state index contributed by atoms with van der Waals surface area (Å²) in [6.07, 6.45) is 0. The first-order valence-electron chi connectivity index (χ1n) is 10.5. The molecule has 1 amide bonds. The number of carbonyl (C=O) groups excluding carboxylic acids is 2. The number of fused-ring (bicyclic) bond motifs is 2. The highest BCUT2D eigenvalue weighted by atomic mass is 19.1. The number of aryl methyl sites for hydroxylation is 3. The van der Waals surface area contributed by atoms with Gasteiger partial charge in [-0.15, -0.1) is 0 Å². The SMILES string of the molecule is Cc1ccc2c(C)c(C(=O)Nc3c(C(=O)c4ccc(C)c(F)c4)oc4ccccc34)oc2c1. The van der Waals surface area contributed by atoms with Crippen molar-refractivity contribution in [3.05, 3.63) is 100 Å². The van der Waals surface area contributed by atoms with Crippen molar-refractivity contribution < 1.29 is 22.8 Å². The van der Waals surface area contributed by atoms with Gasteiger partial charge in [0, 0.05) is 21.9 Å². The number of benzene rings is 3. The maximum Gasteiger partial charge on any atom is 0.291 e. The molecule has 33 heavy (non-hydrogen) atoms. The van der Waals surface area contributed by atoms with Crippen LogP contribution in [0.4, 0.5) is 10.1 Å². The van der Waals surface area contributed by atoms with Gasteiger partial charge in [0.15, 0.2) is 11.5 Å². The standard InChI is InChI=1S/C27H20FNO4/c1-14-8-11-18-16(3)25(33-22(18)12-14)27(31)29-23-19-6-4-5-7-21(19)32-26(23)24(30)17-10-9-15(2)20(28)13-17/h4-13H,1-3H3,(H,29,31). The molecular formula is C27H20FNO4. The molecule has 0 fully saturated rings. The summed E-state index contributed by atoms with van der Waals surface area (Å²) in [6.45, 7) is 5.37. The summed E-state index contributed by atoms with van der Waals surface area (Å²) in [5, 5.41) is 4.21. The number of rotatable bonds is 4. The zero-order valence-corrected chi connectivity index (χ0v) is 18.3. The van der Waals surface area contributed by atoms with Gasteiger partial charge in [0.05, 0.1) is 5.69 Å². The van der Waals surface area contributed by atoms with Crippen molar-refractivity contribution in [2.24, 2.45) is 0 Å². The molecule has 0 unspecified atom stereocenters. The third-order valence-corrected chi connectivity index (χ3v) is 5.77. The van der Waals surface area contributed by atoms with E-state index in [1.54, 1.807) is 31.2 Å². The summed E-state index contributed by atoms with van der Waals surface area (Å²) in [5.41, 5.74) is 3.54. The first-order chi connectivity index (χ1) is 15.8. The topological polar surface area (TPSA) is 72.5 Å². The molecule has 0 spiro atoms. The summed E-state index contributed by atoms with van der Waals surface area (Å²) in [4.78, 5) is 26.5. The highest BCUT2D eigenvalue weighted by Crippen LogP contribution is 2.34. The van der Waals surface area contributed by atoms with Gasteiger partial charge in [-0.05, 0) is 56.2 Å². The minimum absolute atomic E-state index is 0.0718. The van der Waals surface area contributed by atoms with E-state index in [0.717, 1.165) is 10.9 Å². The maximum atomic E-state index is 14.1. The van der Waals surface area contributed by atoms with E-state index >= 15 is 0 Å². The molecule has 0 aliphatic carbocycles. The minimum atomic E-state index is -0.530. The monoisotopic (exact) mass is 441 g/mol. The van der Waals surface area contributed by atoms with E-state index in [9.17, 15) is 14.0 Å². The molecule has 0 saturated heterocycles. The molecule has 3 aromatic carbocycles. The quantitative estimate of drug-likeness (QED) is 0.314. The van der Waals surface area contributed by atoms with Crippen molar-refractivity contribution in [1.82, 2.24) is 0 Å². The van der Waals surface area contributed by atoms with E-state index in [4.69, 9.17) is 8.83 Å². The summed E-state index contributed by atoms with van der Waals surface area (Å²) < 4.78 is 25.7. The van der Waals surface area contributed by atoms with Gasteiger partial charge in [-0.25, -0.2) is 4.39 Å². The molecule has 1 N–H and O–H groups in total. The van der Waals surface area contributed by atoms with Gasteiger partial charge >= 0.3 is 0 Å². The summed E-state index contributed by atoms with van der Waals surface area (Å²) in [5.74, 6) is -1.44. The average Bonchev–Trinajstić information content (AvgIpc) is 3.32. The molecule has 2 aromatic heterocycles. The van der Waals surface area contributed by atoms with Crippen LogP contribution >= 0.6 is 0 Å². The van der Waals surface area contributed by atoms with Crippen LogP contribution in [0, 0.1) is 26.6 Å². The van der Waals surface area contributed by atoms with Crippen LogP contribution in [0.2, 0.25) is 0 Å². The van der Waals surface area contributed by atoms with Crippen LogP contribution in [-0.2, 0) is 0 Å². The summed E-state index contributed by atoms with van der Waals surface area (Å²) in [7, 11) is 0. The van der Waals surface area contributed by atoms with Gasteiger partial charge in [-0.3, -0.25) is 9.59 Å². The number of hydrogen-bond acceptors (Lipinski definition) is 4. The third-order valence-electron chi connectivity index (χ3n) is 5.77. The van der Waals surface area contributed by atoms with Gasteiger partial charge in [-0.2, -0.15) is 0 Å². The van der Waals surface area contributed by atoms with Gasteiger partial charge in [0.2, 0.25) is 5.78 Å². The molecule has 6 heteroatoms. The van der Waals surface area contributed by atoms with E-state index in [2.05, 4.69) is 5.32 Å². The fourth-order valence-corrected chi connectivity index (χ4v) is 3.91. The molecule has 2 heterocycles. The number of amides is 1. The lowest BCUT2D eigenvalue weighted by molar-refractivity contribution is 0.0997. The number of halogens is 1. The van der Waals surface area contributed by atoms with E-state index in [1.165, 1.54) is 18.2 Å². The molecule has 0 bridgehead atoms. The van der Waals surface area contributed by atoms with Crippen molar-refractivity contribution in [2.75, 3.05) is 5.32 Å². The van der Waals surface area contributed by atoms with Crippen LogP contribution in [0.1, 0.15) is 43.4 Å². The third kappa shape index (κ3) is 3.49. The van der Waals surface area contributed by atoms with Crippen molar-refractivity contribution >= 4 is 39.3 Å². The highest BCUT2D eigenvalue weighted by Gasteiger charge is 2.26. The second-order valence-corrected chi connectivity index (χ2v) is 8.11. The largest absolute Gasteiger partial charge is 0.451 e. The first-order valence-corrected chi connectivity index (χ1v) is 10.5. The molecule has 0 saturated carbocycles.